The molecule has 0 saturated heterocycles. The van der Waals surface area contributed by atoms with Crippen molar-refractivity contribution in [3.05, 3.63) is 76.1 Å². The third kappa shape index (κ3) is 2.81. The average molecular weight is 399 g/mol. The zero-order valence-electron chi connectivity index (χ0n) is 17.0. The fraction of sp³-hybridized carbons (Fsp3) is 0.385. The van der Waals surface area contributed by atoms with Crippen LogP contribution in [0.1, 0.15) is 54.4 Å². The van der Waals surface area contributed by atoms with Crippen molar-refractivity contribution in [2.45, 2.75) is 43.9 Å². The lowest BCUT2D eigenvalue weighted by atomic mass is 9.48. The van der Waals surface area contributed by atoms with Gasteiger partial charge in [-0.05, 0) is 91.5 Å². The first kappa shape index (κ1) is 17.9. The Morgan fingerprint density at radius 2 is 1.53 bits per heavy atom. The zero-order chi connectivity index (χ0) is 20.3. The Labute approximate surface area is 175 Å². The zero-order valence-corrected chi connectivity index (χ0v) is 17.0. The van der Waals surface area contributed by atoms with E-state index in [9.17, 15) is 9.59 Å². The van der Waals surface area contributed by atoms with E-state index in [0.29, 0.717) is 10.8 Å². The molecule has 0 spiro atoms. The highest BCUT2D eigenvalue weighted by Crippen LogP contribution is 2.60. The van der Waals surface area contributed by atoms with Gasteiger partial charge in [0.2, 0.25) is 5.43 Å². The maximum Gasteiger partial charge on any atom is 0.261 e. The number of fused-ring (bicyclic) bond motifs is 1. The lowest BCUT2D eigenvalue weighted by Crippen LogP contribution is -2.48. The minimum atomic E-state index is -0.371. The van der Waals surface area contributed by atoms with Crippen LogP contribution >= 0.6 is 0 Å². The number of carbonyl (C=O) groups excluding carboxylic acids is 1. The van der Waals surface area contributed by atoms with Crippen molar-refractivity contribution in [1.82, 2.24) is 4.98 Å². The van der Waals surface area contributed by atoms with Crippen LogP contribution in [-0.4, -0.2) is 10.9 Å². The predicted octanol–water partition coefficient (Wildman–Crippen LogP) is 5.25. The Hall–Kier alpha value is -2.88. The van der Waals surface area contributed by atoms with Gasteiger partial charge in [-0.2, -0.15) is 0 Å². The summed E-state index contributed by atoms with van der Waals surface area (Å²) in [4.78, 5) is 28.5. The van der Waals surface area contributed by atoms with Crippen LogP contribution in [0.15, 0.2) is 59.5 Å². The number of H-pyrrole nitrogens is 1. The minimum absolute atomic E-state index is 0.138. The molecule has 4 heteroatoms. The highest BCUT2D eigenvalue weighted by molar-refractivity contribution is 6.05. The molecule has 2 aromatic carbocycles. The van der Waals surface area contributed by atoms with Crippen molar-refractivity contribution in [3.8, 4) is 0 Å². The van der Waals surface area contributed by atoms with Crippen LogP contribution in [0.3, 0.4) is 0 Å². The number of benzene rings is 2. The number of rotatable bonds is 3. The molecule has 0 radical (unpaired) electrons. The van der Waals surface area contributed by atoms with Crippen LogP contribution in [0, 0.1) is 17.8 Å². The van der Waals surface area contributed by atoms with E-state index in [-0.39, 0.29) is 16.9 Å². The summed E-state index contributed by atoms with van der Waals surface area (Å²) in [5.41, 5.74) is 3.15. The van der Waals surface area contributed by atoms with Gasteiger partial charge in [0.25, 0.3) is 5.91 Å². The number of hydrogen-bond acceptors (Lipinski definition) is 2. The molecule has 152 valence electrons. The molecular formula is C26H26N2O2. The van der Waals surface area contributed by atoms with Crippen LogP contribution in [0.4, 0.5) is 5.69 Å². The standard InChI is InChI=1S/C26H26N2O2/c29-24-21-3-1-2-4-23(21)27-15-22(24)25(30)28-20-7-5-19(6-8-20)26-12-16-9-17(13-26)11-18(10-16)14-26/h1-8,15-18H,9-14H2,(H,27,29)(H,28,30). The number of anilines is 1. The Bertz CT molecular complexity index is 1160. The number of amides is 1. The SMILES string of the molecule is O=C(Nc1ccc(C23CC4CC(CC(C4)C2)C3)cc1)c1c[nH]c2ccccc2c1=O. The second kappa shape index (κ2) is 6.56. The van der Waals surface area contributed by atoms with Gasteiger partial charge in [0.1, 0.15) is 5.56 Å². The Kier molecular flexibility index (Phi) is 3.92. The highest BCUT2D eigenvalue weighted by Gasteiger charge is 2.51. The monoisotopic (exact) mass is 398 g/mol. The maximum atomic E-state index is 12.8. The summed E-state index contributed by atoms with van der Waals surface area (Å²) >= 11 is 0. The van der Waals surface area contributed by atoms with E-state index in [0.717, 1.165) is 29.0 Å². The van der Waals surface area contributed by atoms with E-state index in [4.69, 9.17) is 0 Å². The minimum Gasteiger partial charge on any atom is -0.360 e. The molecule has 1 heterocycles. The normalized spacial score (nSPS) is 29.3. The molecular weight excluding hydrogens is 372 g/mol. The van der Waals surface area contributed by atoms with Gasteiger partial charge in [0.15, 0.2) is 0 Å². The quantitative estimate of drug-likeness (QED) is 0.633. The Morgan fingerprint density at radius 3 is 2.20 bits per heavy atom. The average Bonchev–Trinajstić information content (AvgIpc) is 2.73. The fourth-order valence-corrected chi connectivity index (χ4v) is 6.91. The number of aromatic nitrogens is 1. The predicted molar refractivity (Wildman–Crippen MR) is 119 cm³/mol. The number of nitrogens with one attached hydrogen (secondary N) is 2. The summed E-state index contributed by atoms with van der Waals surface area (Å²) in [5, 5.41) is 3.44. The van der Waals surface area contributed by atoms with E-state index in [1.807, 2.05) is 30.3 Å². The summed E-state index contributed by atoms with van der Waals surface area (Å²) in [7, 11) is 0. The largest absolute Gasteiger partial charge is 0.360 e. The highest BCUT2D eigenvalue weighted by atomic mass is 16.2. The van der Waals surface area contributed by atoms with E-state index < -0.39 is 0 Å². The molecule has 30 heavy (non-hydrogen) atoms. The van der Waals surface area contributed by atoms with Crippen LogP contribution < -0.4 is 10.7 Å². The second-order valence-corrected chi connectivity index (χ2v) is 9.81. The van der Waals surface area contributed by atoms with Crippen LogP contribution in [0.25, 0.3) is 10.9 Å². The first-order chi connectivity index (χ1) is 14.6. The van der Waals surface area contributed by atoms with Gasteiger partial charge in [-0.1, -0.05) is 24.3 Å². The molecule has 1 amide bonds. The van der Waals surface area contributed by atoms with Crippen LogP contribution in [0.5, 0.6) is 0 Å². The van der Waals surface area contributed by atoms with Crippen molar-refractivity contribution in [2.75, 3.05) is 5.32 Å². The smallest absolute Gasteiger partial charge is 0.261 e. The van der Waals surface area contributed by atoms with Gasteiger partial charge in [-0.25, -0.2) is 0 Å². The number of para-hydroxylation sites is 1. The van der Waals surface area contributed by atoms with Gasteiger partial charge in [-0.3, -0.25) is 9.59 Å². The van der Waals surface area contributed by atoms with Crippen molar-refractivity contribution in [1.29, 1.82) is 0 Å². The first-order valence-corrected chi connectivity index (χ1v) is 11.1. The molecule has 0 aliphatic heterocycles. The number of carbonyl (C=O) groups is 1. The third-order valence-electron chi connectivity index (χ3n) is 7.83. The first-order valence-electron chi connectivity index (χ1n) is 11.1. The molecule has 1 aromatic heterocycles. The van der Waals surface area contributed by atoms with Crippen molar-refractivity contribution in [3.63, 3.8) is 0 Å². The molecule has 4 bridgehead atoms. The maximum absolute atomic E-state index is 12.8. The topological polar surface area (TPSA) is 62.0 Å². The summed E-state index contributed by atoms with van der Waals surface area (Å²) in [6, 6.07) is 15.7. The summed E-state index contributed by atoms with van der Waals surface area (Å²) < 4.78 is 0. The fourth-order valence-electron chi connectivity index (χ4n) is 6.91. The molecule has 4 fully saturated rings. The Balaban J connectivity index is 1.24. The molecule has 7 rings (SSSR count). The molecule has 4 aliphatic rings. The third-order valence-corrected chi connectivity index (χ3v) is 7.83. The molecule has 4 aliphatic carbocycles. The Morgan fingerprint density at radius 1 is 0.900 bits per heavy atom. The van der Waals surface area contributed by atoms with Gasteiger partial charge < -0.3 is 10.3 Å². The van der Waals surface area contributed by atoms with Gasteiger partial charge in [0, 0.05) is 22.8 Å². The number of hydrogen-bond donors (Lipinski definition) is 2. The number of pyridine rings is 1. The lowest BCUT2D eigenvalue weighted by Gasteiger charge is -2.57. The number of aromatic amines is 1. The summed E-state index contributed by atoms with van der Waals surface area (Å²) in [6.07, 6.45) is 9.81. The molecule has 3 aromatic rings. The van der Waals surface area contributed by atoms with Crippen LogP contribution in [0.2, 0.25) is 0 Å². The molecule has 4 saturated carbocycles. The summed E-state index contributed by atoms with van der Waals surface area (Å²) in [6.45, 7) is 0. The summed E-state index contributed by atoms with van der Waals surface area (Å²) in [5.74, 6) is 2.37. The van der Waals surface area contributed by atoms with Gasteiger partial charge in [0.05, 0.1) is 0 Å². The molecule has 2 N–H and O–H groups in total. The van der Waals surface area contributed by atoms with E-state index in [1.165, 1.54) is 50.3 Å². The van der Waals surface area contributed by atoms with E-state index >= 15 is 0 Å². The van der Waals surface area contributed by atoms with Gasteiger partial charge >= 0.3 is 0 Å². The van der Waals surface area contributed by atoms with E-state index in [2.05, 4.69) is 22.4 Å². The van der Waals surface area contributed by atoms with Crippen LogP contribution in [-0.2, 0) is 5.41 Å². The van der Waals surface area contributed by atoms with Crippen molar-refractivity contribution >= 4 is 22.5 Å². The van der Waals surface area contributed by atoms with Crippen molar-refractivity contribution < 1.29 is 4.79 Å². The van der Waals surface area contributed by atoms with E-state index in [1.54, 1.807) is 6.07 Å². The second-order valence-electron chi connectivity index (χ2n) is 9.81. The molecule has 4 nitrogen and oxygen atoms in total. The van der Waals surface area contributed by atoms with Crippen molar-refractivity contribution in [2.24, 2.45) is 17.8 Å². The molecule has 0 unspecified atom stereocenters. The van der Waals surface area contributed by atoms with Gasteiger partial charge in [-0.15, -0.1) is 0 Å². The lowest BCUT2D eigenvalue weighted by molar-refractivity contribution is -0.00518. The molecule has 0 atom stereocenters.